The lowest BCUT2D eigenvalue weighted by Gasteiger charge is -2.29. The minimum absolute atomic E-state index is 0.0147. The molecule has 8 nitrogen and oxygen atoms in total. The number of benzene rings is 1. The normalized spacial score (nSPS) is 16.7. The molecule has 0 unspecified atom stereocenters. The number of nitriles is 3. The fraction of sp³-hybridized carbons (Fsp3) is 0.318. The Hall–Kier alpha value is -4.09. The van der Waals surface area contributed by atoms with Gasteiger partial charge in [0.15, 0.2) is 17.2 Å². The van der Waals surface area contributed by atoms with Crippen molar-refractivity contribution in [1.82, 2.24) is 9.97 Å². The van der Waals surface area contributed by atoms with Gasteiger partial charge in [0.25, 0.3) is 0 Å². The molecule has 1 aromatic carbocycles. The number of hydrogen-bond donors (Lipinski definition) is 1. The van der Waals surface area contributed by atoms with Crippen molar-refractivity contribution >= 4 is 22.8 Å². The second kappa shape index (κ2) is 8.11. The van der Waals surface area contributed by atoms with Crippen molar-refractivity contribution in [3.63, 3.8) is 0 Å². The van der Waals surface area contributed by atoms with Gasteiger partial charge in [0.2, 0.25) is 0 Å². The lowest BCUT2D eigenvalue weighted by molar-refractivity contribution is 0.572. The van der Waals surface area contributed by atoms with E-state index in [1.165, 1.54) is 0 Å². The molecular weight excluding hydrogens is 376 g/mol. The van der Waals surface area contributed by atoms with Crippen LogP contribution in [0.5, 0.6) is 0 Å². The van der Waals surface area contributed by atoms with Crippen LogP contribution in [-0.4, -0.2) is 29.6 Å². The van der Waals surface area contributed by atoms with Gasteiger partial charge in [-0.25, -0.2) is 9.97 Å². The van der Waals surface area contributed by atoms with Crippen LogP contribution in [0.4, 0.5) is 17.2 Å². The Labute approximate surface area is 175 Å². The quantitative estimate of drug-likeness (QED) is 0.785. The average Bonchev–Trinajstić information content (AvgIpc) is 3.18. The molecule has 30 heavy (non-hydrogen) atoms. The Morgan fingerprint density at radius 3 is 2.40 bits per heavy atom. The first-order chi connectivity index (χ1) is 14.7. The third kappa shape index (κ3) is 3.17. The third-order valence-corrected chi connectivity index (χ3v) is 5.36. The molecule has 0 aliphatic carbocycles. The molecule has 1 fully saturated rings. The number of hydrogen-bond acceptors (Lipinski definition) is 8. The first-order valence-corrected chi connectivity index (χ1v) is 9.97. The smallest absolute Gasteiger partial charge is 0.179 e. The molecule has 8 heteroatoms. The number of nitrogens with zero attached hydrogens (tertiary/aromatic N) is 7. The molecular formula is C22H20N8. The van der Waals surface area contributed by atoms with Crippen molar-refractivity contribution in [2.45, 2.75) is 26.2 Å². The van der Waals surface area contributed by atoms with E-state index < -0.39 is 0 Å². The first-order valence-electron chi connectivity index (χ1n) is 9.97. The summed E-state index contributed by atoms with van der Waals surface area (Å²) < 4.78 is 0. The van der Waals surface area contributed by atoms with Crippen molar-refractivity contribution in [1.29, 1.82) is 15.8 Å². The van der Waals surface area contributed by atoms with Crippen molar-refractivity contribution < 1.29 is 0 Å². The van der Waals surface area contributed by atoms with Crippen molar-refractivity contribution in [3.05, 3.63) is 47.2 Å². The van der Waals surface area contributed by atoms with E-state index in [4.69, 9.17) is 0 Å². The zero-order valence-electron chi connectivity index (χ0n) is 16.7. The number of anilines is 3. The fourth-order valence-corrected chi connectivity index (χ4v) is 3.95. The molecule has 3 heterocycles. The highest BCUT2D eigenvalue weighted by molar-refractivity contribution is 5.93. The molecule has 2 aliphatic heterocycles. The van der Waals surface area contributed by atoms with Crippen LogP contribution in [0, 0.1) is 34.0 Å². The topological polar surface area (TPSA) is 116 Å². The number of para-hydroxylation sites is 2. The predicted octanol–water partition coefficient (Wildman–Crippen LogP) is 3.35. The van der Waals surface area contributed by atoms with E-state index in [0.717, 1.165) is 43.7 Å². The molecule has 2 aliphatic rings. The number of piperidine rings is 1. The van der Waals surface area contributed by atoms with Crippen LogP contribution in [0.1, 0.15) is 43.3 Å². The van der Waals surface area contributed by atoms with Gasteiger partial charge in [-0.3, -0.25) is 0 Å². The Balaban J connectivity index is 1.94. The van der Waals surface area contributed by atoms with Crippen molar-refractivity contribution in [2.75, 3.05) is 34.8 Å². The Morgan fingerprint density at radius 1 is 1.03 bits per heavy atom. The number of aromatic nitrogens is 2. The van der Waals surface area contributed by atoms with Crippen LogP contribution < -0.4 is 15.1 Å². The third-order valence-electron chi connectivity index (χ3n) is 5.36. The van der Waals surface area contributed by atoms with Gasteiger partial charge in [0.05, 0.1) is 11.4 Å². The predicted molar refractivity (Wildman–Crippen MR) is 113 cm³/mol. The van der Waals surface area contributed by atoms with Crippen LogP contribution in [0.15, 0.2) is 30.1 Å². The number of allylic oxidation sites excluding steroid dienone is 1. The largest absolute Gasteiger partial charge is 0.355 e. The summed E-state index contributed by atoms with van der Waals surface area (Å²) in [6.07, 6.45) is 3.14. The summed E-state index contributed by atoms with van der Waals surface area (Å²) in [6.45, 7) is 4.21. The van der Waals surface area contributed by atoms with E-state index in [-0.39, 0.29) is 11.4 Å². The summed E-state index contributed by atoms with van der Waals surface area (Å²) in [7, 11) is 0. The van der Waals surface area contributed by atoms with Crippen LogP contribution in [-0.2, 0) is 0 Å². The maximum Gasteiger partial charge on any atom is 0.179 e. The van der Waals surface area contributed by atoms with Gasteiger partial charge in [-0.05, 0) is 38.3 Å². The second-order valence-corrected chi connectivity index (χ2v) is 7.09. The van der Waals surface area contributed by atoms with E-state index in [0.29, 0.717) is 29.5 Å². The van der Waals surface area contributed by atoms with Gasteiger partial charge < -0.3 is 15.1 Å². The van der Waals surface area contributed by atoms with E-state index >= 15 is 0 Å². The summed E-state index contributed by atoms with van der Waals surface area (Å²) in [5, 5.41) is 32.4. The fourth-order valence-electron chi connectivity index (χ4n) is 3.95. The zero-order valence-corrected chi connectivity index (χ0v) is 16.7. The molecule has 0 spiro atoms. The highest BCUT2D eigenvalue weighted by Crippen LogP contribution is 2.40. The van der Waals surface area contributed by atoms with Crippen LogP contribution in [0.25, 0.3) is 5.57 Å². The lowest BCUT2D eigenvalue weighted by Crippen LogP contribution is -2.32. The van der Waals surface area contributed by atoms with Crippen molar-refractivity contribution in [2.24, 2.45) is 0 Å². The molecule has 0 bridgehead atoms. The first kappa shape index (κ1) is 19.2. The highest BCUT2D eigenvalue weighted by atomic mass is 15.3. The van der Waals surface area contributed by atoms with E-state index in [1.807, 2.05) is 48.2 Å². The molecule has 1 N–H and O–H groups in total. The second-order valence-electron chi connectivity index (χ2n) is 7.09. The van der Waals surface area contributed by atoms with Gasteiger partial charge >= 0.3 is 0 Å². The van der Waals surface area contributed by atoms with Gasteiger partial charge in [-0.15, -0.1) is 0 Å². The summed E-state index contributed by atoms with van der Waals surface area (Å²) in [6, 6.07) is 14.0. The van der Waals surface area contributed by atoms with Crippen molar-refractivity contribution in [3.8, 4) is 18.2 Å². The molecule has 148 valence electrons. The molecule has 1 saturated heterocycles. The van der Waals surface area contributed by atoms with Gasteiger partial charge in [0, 0.05) is 19.6 Å². The molecule has 0 amide bonds. The highest BCUT2D eigenvalue weighted by Gasteiger charge is 2.30. The van der Waals surface area contributed by atoms with Crippen LogP contribution in [0.2, 0.25) is 0 Å². The standard InChI is InChI=1S/C22H20N8/c1-2-30-19-9-5-4-8-16(19)27-21(30)15(12-23)20-22(29-10-6-3-7-11-29)28-18(14-25)17(13-24)26-20/h4-5,8-9,27H,2-3,6-7,10-11H2,1H3/b21-15-. The Kier molecular flexibility index (Phi) is 5.20. The molecule has 4 rings (SSSR count). The van der Waals surface area contributed by atoms with Crippen LogP contribution >= 0.6 is 0 Å². The molecule has 2 aromatic rings. The van der Waals surface area contributed by atoms with Gasteiger partial charge in [-0.1, -0.05) is 12.1 Å². The molecule has 0 atom stereocenters. The molecule has 0 saturated carbocycles. The number of rotatable bonds is 3. The number of fused-ring (bicyclic) bond motifs is 1. The minimum Gasteiger partial charge on any atom is -0.355 e. The van der Waals surface area contributed by atoms with E-state index in [1.54, 1.807) is 0 Å². The summed E-state index contributed by atoms with van der Waals surface area (Å²) in [5.74, 6) is 1.10. The summed E-state index contributed by atoms with van der Waals surface area (Å²) in [5.41, 5.74) is 2.44. The SMILES string of the molecule is CCN1/C(=C(/C#N)c2nc(C#N)c(C#N)nc2N2CCCCC2)Nc2ccccc21. The summed E-state index contributed by atoms with van der Waals surface area (Å²) in [4.78, 5) is 13.0. The Morgan fingerprint density at radius 2 is 1.73 bits per heavy atom. The maximum atomic E-state index is 10.1. The lowest BCUT2D eigenvalue weighted by atomic mass is 10.1. The van der Waals surface area contributed by atoms with Gasteiger partial charge in [-0.2, -0.15) is 15.8 Å². The average molecular weight is 396 g/mol. The van der Waals surface area contributed by atoms with Crippen LogP contribution in [0.3, 0.4) is 0 Å². The van der Waals surface area contributed by atoms with E-state index in [2.05, 4.69) is 26.3 Å². The van der Waals surface area contributed by atoms with E-state index in [9.17, 15) is 15.8 Å². The Bertz CT molecular complexity index is 1140. The maximum absolute atomic E-state index is 10.1. The monoisotopic (exact) mass is 396 g/mol. The number of nitrogens with one attached hydrogen (secondary N) is 1. The minimum atomic E-state index is -0.0693. The van der Waals surface area contributed by atoms with Gasteiger partial charge in [0.1, 0.15) is 35.3 Å². The molecule has 0 radical (unpaired) electrons. The molecule has 1 aromatic heterocycles. The zero-order chi connectivity index (χ0) is 21.1. The summed E-state index contributed by atoms with van der Waals surface area (Å²) >= 11 is 0.